The Labute approximate surface area is 135 Å². The summed E-state index contributed by atoms with van der Waals surface area (Å²) >= 11 is 0. The van der Waals surface area contributed by atoms with Gasteiger partial charge in [0.1, 0.15) is 5.75 Å². The maximum atomic E-state index is 13.0. The molecule has 2 aromatic rings. The van der Waals surface area contributed by atoms with Gasteiger partial charge in [-0.1, -0.05) is 6.07 Å². The number of amides is 1. The van der Waals surface area contributed by atoms with E-state index in [1.54, 1.807) is 12.1 Å². The third-order valence-electron chi connectivity index (χ3n) is 3.08. The number of alkyl halides is 3. The van der Waals surface area contributed by atoms with Crippen LogP contribution in [0.15, 0.2) is 42.5 Å². The molecule has 5 nitrogen and oxygen atoms in total. The van der Waals surface area contributed by atoms with E-state index >= 15 is 0 Å². The molecule has 0 atom stereocenters. The molecule has 0 aliphatic heterocycles. The lowest BCUT2D eigenvalue weighted by molar-refractivity contribution is -0.139. The van der Waals surface area contributed by atoms with Gasteiger partial charge in [-0.2, -0.15) is 13.2 Å². The molecule has 0 saturated heterocycles. The van der Waals surface area contributed by atoms with Gasteiger partial charge >= 0.3 is 6.18 Å². The first kappa shape index (κ1) is 17.3. The predicted octanol–water partition coefficient (Wildman–Crippen LogP) is 3.50. The first-order chi connectivity index (χ1) is 11.4. The lowest BCUT2D eigenvalue weighted by atomic mass is 10.1. The zero-order chi connectivity index (χ0) is 17.7. The smallest absolute Gasteiger partial charge is 0.420 e. The van der Waals surface area contributed by atoms with E-state index in [1.807, 2.05) is 0 Å². The second-order valence-electron chi connectivity index (χ2n) is 4.58. The van der Waals surface area contributed by atoms with Crippen molar-refractivity contribution in [1.29, 1.82) is 0 Å². The van der Waals surface area contributed by atoms with Gasteiger partial charge in [0.25, 0.3) is 12.4 Å². The lowest BCUT2D eigenvalue weighted by Gasteiger charge is -2.14. The summed E-state index contributed by atoms with van der Waals surface area (Å²) < 4.78 is 48.3. The number of benzene rings is 2. The van der Waals surface area contributed by atoms with Crippen molar-refractivity contribution in [2.24, 2.45) is 0 Å². The average Bonchev–Trinajstić information content (AvgIpc) is 2.55. The molecule has 0 saturated carbocycles. The number of ether oxygens (including phenoxy) is 2. The summed E-state index contributed by atoms with van der Waals surface area (Å²) in [5.74, 6) is -1.13. The fourth-order valence-corrected chi connectivity index (χ4v) is 1.99. The Kier molecular flexibility index (Phi) is 5.08. The van der Waals surface area contributed by atoms with E-state index in [0.717, 1.165) is 18.2 Å². The highest BCUT2D eigenvalue weighted by Crippen LogP contribution is 2.38. The molecule has 0 radical (unpaired) electrons. The van der Waals surface area contributed by atoms with Crippen molar-refractivity contribution in [3.63, 3.8) is 0 Å². The molecule has 126 valence electrons. The molecule has 1 N–H and O–H groups in total. The molecule has 0 unspecified atom stereocenters. The number of hydrogen-bond acceptors (Lipinski definition) is 4. The number of para-hydroxylation sites is 1. The Bertz CT molecular complexity index is 742. The number of nitrogens with one attached hydrogen (secondary N) is 1. The number of halogens is 3. The van der Waals surface area contributed by atoms with Crippen LogP contribution in [0.25, 0.3) is 0 Å². The number of rotatable bonds is 5. The minimum Gasteiger partial charge on any atom is -0.497 e. The quantitative estimate of drug-likeness (QED) is 0.847. The minimum atomic E-state index is -4.77. The number of carbonyl (C=O) groups excluding carboxylic acids is 2. The van der Waals surface area contributed by atoms with Crippen molar-refractivity contribution in [3.8, 4) is 11.5 Å². The van der Waals surface area contributed by atoms with Gasteiger partial charge in [0, 0.05) is 5.69 Å². The number of methoxy groups -OCH3 is 1. The summed E-state index contributed by atoms with van der Waals surface area (Å²) in [5.41, 5.74) is -1.28. The van der Waals surface area contributed by atoms with E-state index in [4.69, 9.17) is 4.74 Å². The first-order valence-electron chi connectivity index (χ1n) is 6.62. The number of anilines is 1. The highest BCUT2D eigenvalue weighted by atomic mass is 19.4. The van der Waals surface area contributed by atoms with Crippen LogP contribution < -0.4 is 14.8 Å². The Morgan fingerprint density at radius 3 is 2.33 bits per heavy atom. The van der Waals surface area contributed by atoms with Crippen LogP contribution in [0.2, 0.25) is 0 Å². The molecule has 0 aromatic heterocycles. The molecule has 8 heteroatoms. The standard InChI is InChI=1S/C16H12F3NO4/c1-23-11-7-5-10(6-8-11)20-15(22)12-3-2-4-13(16(17,18)19)14(12)24-9-21/h2-9H,1H3,(H,20,22). The Morgan fingerprint density at radius 1 is 1.12 bits per heavy atom. The van der Waals surface area contributed by atoms with Gasteiger partial charge in [0.15, 0.2) is 5.75 Å². The molecule has 0 aliphatic carbocycles. The van der Waals surface area contributed by atoms with Crippen molar-refractivity contribution in [2.45, 2.75) is 6.18 Å². The van der Waals surface area contributed by atoms with Crippen molar-refractivity contribution < 1.29 is 32.2 Å². The monoisotopic (exact) mass is 339 g/mol. The molecule has 2 rings (SSSR count). The molecule has 0 aliphatic rings. The molecular formula is C16H12F3NO4. The molecule has 0 spiro atoms. The maximum Gasteiger partial charge on any atom is 0.420 e. The zero-order valence-electron chi connectivity index (χ0n) is 12.4. The van der Waals surface area contributed by atoms with Crippen LogP contribution in [0, 0.1) is 0 Å². The molecular weight excluding hydrogens is 327 g/mol. The highest BCUT2D eigenvalue weighted by Gasteiger charge is 2.36. The normalized spacial score (nSPS) is 10.8. The van der Waals surface area contributed by atoms with Crippen LogP contribution >= 0.6 is 0 Å². The minimum absolute atomic E-state index is 0.158. The van der Waals surface area contributed by atoms with E-state index in [1.165, 1.54) is 19.2 Å². The number of carbonyl (C=O) groups is 2. The van der Waals surface area contributed by atoms with Gasteiger partial charge in [-0.15, -0.1) is 0 Å². The zero-order valence-corrected chi connectivity index (χ0v) is 12.4. The Morgan fingerprint density at radius 2 is 1.79 bits per heavy atom. The van der Waals surface area contributed by atoms with Gasteiger partial charge in [0.05, 0.1) is 18.2 Å². The largest absolute Gasteiger partial charge is 0.497 e. The molecule has 24 heavy (non-hydrogen) atoms. The van der Waals surface area contributed by atoms with Crippen LogP contribution in [0.3, 0.4) is 0 Å². The van der Waals surface area contributed by atoms with E-state index in [9.17, 15) is 22.8 Å². The van der Waals surface area contributed by atoms with Crippen molar-refractivity contribution in [2.75, 3.05) is 12.4 Å². The topological polar surface area (TPSA) is 64.6 Å². The highest BCUT2D eigenvalue weighted by molar-refractivity contribution is 6.06. The van der Waals surface area contributed by atoms with Crippen molar-refractivity contribution >= 4 is 18.1 Å². The second kappa shape index (κ2) is 7.03. The first-order valence-corrected chi connectivity index (χ1v) is 6.62. The van der Waals surface area contributed by atoms with Gasteiger partial charge in [-0.05, 0) is 36.4 Å². The van der Waals surface area contributed by atoms with E-state index in [-0.39, 0.29) is 6.47 Å². The number of hydrogen-bond donors (Lipinski definition) is 1. The molecule has 0 bridgehead atoms. The summed E-state index contributed by atoms with van der Waals surface area (Å²) in [7, 11) is 1.47. The van der Waals surface area contributed by atoms with Crippen LogP contribution in [-0.4, -0.2) is 19.5 Å². The van der Waals surface area contributed by atoms with Crippen LogP contribution in [0.5, 0.6) is 11.5 Å². The Hall–Kier alpha value is -3.03. The van der Waals surface area contributed by atoms with Crippen LogP contribution in [0.4, 0.5) is 18.9 Å². The van der Waals surface area contributed by atoms with E-state index in [0.29, 0.717) is 11.4 Å². The molecule has 0 fully saturated rings. The van der Waals surface area contributed by atoms with Crippen LogP contribution in [-0.2, 0) is 11.0 Å². The lowest BCUT2D eigenvalue weighted by Crippen LogP contribution is -2.17. The molecule has 2 aromatic carbocycles. The molecule has 1 amide bonds. The predicted molar refractivity (Wildman–Crippen MR) is 79.1 cm³/mol. The summed E-state index contributed by atoms with van der Waals surface area (Å²) in [4.78, 5) is 22.8. The van der Waals surface area contributed by atoms with Crippen molar-refractivity contribution in [1.82, 2.24) is 0 Å². The fourth-order valence-electron chi connectivity index (χ4n) is 1.99. The maximum absolute atomic E-state index is 13.0. The van der Waals surface area contributed by atoms with Gasteiger partial charge in [0.2, 0.25) is 0 Å². The summed E-state index contributed by atoms with van der Waals surface area (Å²) in [6, 6.07) is 9.10. The second-order valence-corrected chi connectivity index (χ2v) is 4.58. The third-order valence-corrected chi connectivity index (χ3v) is 3.08. The van der Waals surface area contributed by atoms with Gasteiger partial charge < -0.3 is 14.8 Å². The third kappa shape index (κ3) is 3.83. The average molecular weight is 339 g/mol. The van der Waals surface area contributed by atoms with E-state index in [2.05, 4.69) is 10.1 Å². The summed E-state index contributed by atoms with van der Waals surface area (Å²) in [6.45, 7) is -0.158. The van der Waals surface area contributed by atoms with Gasteiger partial charge in [-0.3, -0.25) is 9.59 Å². The van der Waals surface area contributed by atoms with E-state index < -0.39 is 29.0 Å². The Balaban J connectivity index is 2.35. The molecule has 0 heterocycles. The summed E-state index contributed by atoms with van der Waals surface area (Å²) in [6.07, 6.45) is -4.77. The SMILES string of the molecule is COc1ccc(NC(=O)c2cccc(C(F)(F)F)c2OC=O)cc1. The van der Waals surface area contributed by atoms with Crippen LogP contribution in [0.1, 0.15) is 15.9 Å². The summed E-state index contributed by atoms with van der Waals surface area (Å²) in [5, 5.41) is 2.43. The van der Waals surface area contributed by atoms with Crippen molar-refractivity contribution in [3.05, 3.63) is 53.6 Å². The fraction of sp³-hybridized carbons (Fsp3) is 0.125. The van der Waals surface area contributed by atoms with Gasteiger partial charge in [-0.25, -0.2) is 0 Å².